The van der Waals surface area contributed by atoms with Gasteiger partial charge in [-0.1, -0.05) is 18.2 Å². The third-order valence-corrected chi connectivity index (χ3v) is 2.65. The van der Waals surface area contributed by atoms with E-state index in [1.807, 2.05) is 44.4 Å². The molecule has 0 atom stereocenters. The highest BCUT2D eigenvalue weighted by atomic mass is 16.5. The van der Waals surface area contributed by atoms with Crippen molar-refractivity contribution in [2.75, 3.05) is 0 Å². The number of para-hydroxylation sites is 1. The fourth-order valence-electron chi connectivity index (χ4n) is 1.77. The molecular weight excluding hydrogens is 214 g/mol. The third kappa shape index (κ3) is 2.65. The number of rotatable bonds is 4. The van der Waals surface area contributed by atoms with Crippen LogP contribution in [0.5, 0.6) is 5.75 Å². The molecule has 0 spiro atoms. The van der Waals surface area contributed by atoms with Crippen LogP contribution in [0.4, 0.5) is 0 Å². The van der Waals surface area contributed by atoms with Crippen molar-refractivity contribution >= 4 is 0 Å². The van der Waals surface area contributed by atoms with Crippen molar-refractivity contribution in [2.24, 2.45) is 12.8 Å². The van der Waals surface area contributed by atoms with Gasteiger partial charge < -0.3 is 10.5 Å². The summed E-state index contributed by atoms with van der Waals surface area (Å²) in [5, 5.41) is 4.27. The highest BCUT2D eigenvalue weighted by Gasteiger charge is 2.06. The fraction of sp³-hybridized carbons (Fsp3) is 0.308. The maximum atomic E-state index is 5.80. The van der Waals surface area contributed by atoms with Gasteiger partial charge in [0.25, 0.3) is 0 Å². The van der Waals surface area contributed by atoms with E-state index < -0.39 is 0 Å². The monoisotopic (exact) mass is 231 g/mol. The number of hydrogen-bond donors (Lipinski definition) is 1. The average Bonchev–Trinajstić information content (AvgIpc) is 2.73. The van der Waals surface area contributed by atoms with Gasteiger partial charge >= 0.3 is 0 Å². The summed E-state index contributed by atoms with van der Waals surface area (Å²) < 4.78 is 7.57. The van der Waals surface area contributed by atoms with Gasteiger partial charge in [-0.3, -0.25) is 4.68 Å². The maximum absolute atomic E-state index is 5.80. The Morgan fingerprint density at radius 2 is 2.18 bits per heavy atom. The quantitative estimate of drug-likeness (QED) is 0.872. The van der Waals surface area contributed by atoms with Crippen molar-refractivity contribution in [2.45, 2.75) is 20.1 Å². The zero-order valence-electron chi connectivity index (χ0n) is 10.2. The van der Waals surface area contributed by atoms with Crippen molar-refractivity contribution in [1.82, 2.24) is 9.78 Å². The first-order valence-corrected chi connectivity index (χ1v) is 5.60. The van der Waals surface area contributed by atoms with E-state index in [0.717, 1.165) is 22.6 Å². The summed E-state index contributed by atoms with van der Waals surface area (Å²) in [7, 11) is 1.89. The lowest BCUT2D eigenvalue weighted by molar-refractivity contribution is 0.295. The molecule has 2 N–H and O–H groups in total. The molecule has 90 valence electrons. The largest absolute Gasteiger partial charge is 0.487 e. The van der Waals surface area contributed by atoms with Gasteiger partial charge in [0.1, 0.15) is 12.4 Å². The Balaban J connectivity index is 2.13. The number of hydrogen-bond acceptors (Lipinski definition) is 3. The molecule has 4 heteroatoms. The molecule has 2 rings (SSSR count). The first-order valence-electron chi connectivity index (χ1n) is 5.60. The zero-order valence-corrected chi connectivity index (χ0v) is 10.2. The number of ether oxygens (including phenoxy) is 1. The lowest BCUT2D eigenvalue weighted by Crippen LogP contribution is -2.04. The molecule has 1 aromatic carbocycles. The molecule has 2 aromatic rings. The molecule has 17 heavy (non-hydrogen) atoms. The number of aromatic nitrogens is 2. The van der Waals surface area contributed by atoms with Crippen LogP contribution >= 0.6 is 0 Å². The Kier molecular flexibility index (Phi) is 3.44. The third-order valence-electron chi connectivity index (χ3n) is 2.65. The summed E-state index contributed by atoms with van der Waals surface area (Å²) in [6, 6.07) is 7.94. The van der Waals surface area contributed by atoms with E-state index in [-0.39, 0.29) is 0 Å². The summed E-state index contributed by atoms with van der Waals surface area (Å²) in [6.45, 7) is 2.98. The smallest absolute Gasteiger partial charge is 0.132 e. The highest BCUT2D eigenvalue weighted by molar-refractivity contribution is 5.40. The van der Waals surface area contributed by atoms with Gasteiger partial charge in [0, 0.05) is 25.4 Å². The summed E-state index contributed by atoms with van der Waals surface area (Å²) >= 11 is 0. The molecule has 1 aromatic heterocycles. The molecule has 0 bridgehead atoms. The minimum atomic E-state index is 0.471. The zero-order chi connectivity index (χ0) is 12.3. The molecule has 0 saturated heterocycles. The molecule has 0 aliphatic heterocycles. The predicted molar refractivity (Wildman–Crippen MR) is 66.6 cm³/mol. The number of aryl methyl sites for hydroxylation is 2. The molecule has 1 heterocycles. The van der Waals surface area contributed by atoms with Crippen LogP contribution in [0.2, 0.25) is 0 Å². The molecule has 4 nitrogen and oxygen atoms in total. The van der Waals surface area contributed by atoms with Gasteiger partial charge in [-0.05, 0) is 18.6 Å². The standard InChI is InChI=1S/C13H17N3O/c1-10-4-3-5-11(8-14)13(10)17-9-12-6-7-16(2)15-12/h3-7H,8-9,14H2,1-2H3. The molecule has 0 radical (unpaired) electrons. The van der Waals surface area contributed by atoms with Crippen molar-refractivity contribution in [3.05, 3.63) is 47.3 Å². The van der Waals surface area contributed by atoms with Crippen molar-refractivity contribution in [3.8, 4) is 5.75 Å². The van der Waals surface area contributed by atoms with Gasteiger partial charge in [-0.2, -0.15) is 5.10 Å². The first-order chi connectivity index (χ1) is 8.20. The van der Waals surface area contributed by atoms with Crippen LogP contribution in [-0.2, 0) is 20.2 Å². The van der Waals surface area contributed by atoms with E-state index >= 15 is 0 Å². The van der Waals surface area contributed by atoms with Gasteiger partial charge in [0.15, 0.2) is 0 Å². The van der Waals surface area contributed by atoms with Crippen molar-refractivity contribution in [1.29, 1.82) is 0 Å². The molecule has 0 unspecified atom stereocenters. The molecule has 0 aliphatic rings. The second-order valence-corrected chi connectivity index (χ2v) is 4.04. The van der Waals surface area contributed by atoms with Crippen LogP contribution in [0.1, 0.15) is 16.8 Å². The van der Waals surface area contributed by atoms with Gasteiger partial charge in [-0.15, -0.1) is 0 Å². The predicted octanol–water partition coefficient (Wildman–Crippen LogP) is 1.77. The Morgan fingerprint density at radius 1 is 1.35 bits per heavy atom. The normalized spacial score (nSPS) is 10.5. The number of benzene rings is 1. The number of nitrogens with two attached hydrogens (primary N) is 1. The van der Waals surface area contributed by atoms with E-state index in [0.29, 0.717) is 13.2 Å². The summed E-state index contributed by atoms with van der Waals surface area (Å²) in [6.07, 6.45) is 1.90. The minimum absolute atomic E-state index is 0.471. The minimum Gasteiger partial charge on any atom is -0.487 e. The lowest BCUT2D eigenvalue weighted by Gasteiger charge is -2.12. The van der Waals surface area contributed by atoms with Gasteiger partial charge in [-0.25, -0.2) is 0 Å². The second-order valence-electron chi connectivity index (χ2n) is 4.04. The summed E-state index contributed by atoms with van der Waals surface area (Å²) in [5.74, 6) is 0.876. The van der Waals surface area contributed by atoms with E-state index in [9.17, 15) is 0 Å². The van der Waals surface area contributed by atoms with Crippen LogP contribution in [0, 0.1) is 6.92 Å². The molecule has 0 aliphatic carbocycles. The highest BCUT2D eigenvalue weighted by Crippen LogP contribution is 2.23. The van der Waals surface area contributed by atoms with Crippen LogP contribution in [0.25, 0.3) is 0 Å². The van der Waals surface area contributed by atoms with E-state index in [2.05, 4.69) is 5.10 Å². The Bertz CT molecular complexity index is 505. The van der Waals surface area contributed by atoms with E-state index in [4.69, 9.17) is 10.5 Å². The molecule has 0 saturated carbocycles. The Hall–Kier alpha value is -1.81. The summed E-state index contributed by atoms with van der Waals surface area (Å²) in [4.78, 5) is 0. The van der Waals surface area contributed by atoms with E-state index in [1.165, 1.54) is 0 Å². The molecular formula is C13H17N3O. The lowest BCUT2D eigenvalue weighted by atomic mass is 10.1. The van der Waals surface area contributed by atoms with Crippen molar-refractivity contribution < 1.29 is 4.74 Å². The second kappa shape index (κ2) is 5.01. The van der Waals surface area contributed by atoms with Crippen LogP contribution < -0.4 is 10.5 Å². The Labute approximate surface area is 101 Å². The fourth-order valence-corrected chi connectivity index (χ4v) is 1.77. The average molecular weight is 231 g/mol. The SMILES string of the molecule is Cc1cccc(CN)c1OCc1ccn(C)n1. The maximum Gasteiger partial charge on any atom is 0.132 e. The van der Waals surface area contributed by atoms with Gasteiger partial charge in [0.05, 0.1) is 5.69 Å². The van der Waals surface area contributed by atoms with Gasteiger partial charge in [0.2, 0.25) is 0 Å². The van der Waals surface area contributed by atoms with Crippen LogP contribution in [-0.4, -0.2) is 9.78 Å². The van der Waals surface area contributed by atoms with Crippen molar-refractivity contribution in [3.63, 3.8) is 0 Å². The Morgan fingerprint density at radius 3 is 2.82 bits per heavy atom. The van der Waals surface area contributed by atoms with Crippen LogP contribution in [0.15, 0.2) is 30.5 Å². The topological polar surface area (TPSA) is 53.1 Å². The number of nitrogens with zero attached hydrogens (tertiary/aromatic N) is 2. The van der Waals surface area contributed by atoms with Crippen LogP contribution in [0.3, 0.4) is 0 Å². The molecule has 0 amide bonds. The molecule has 0 fully saturated rings. The summed E-state index contributed by atoms with van der Waals surface area (Å²) in [5.41, 5.74) is 8.74. The van der Waals surface area contributed by atoms with E-state index in [1.54, 1.807) is 4.68 Å². The first kappa shape index (κ1) is 11.7.